The topological polar surface area (TPSA) is 92.3 Å². The second-order valence-electron chi connectivity index (χ2n) is 8.87. The average Bonchev–Trinajstić information content (AvgIpc) is 3.43. The Bertz CT molecular complexity index is 1630. The van der Waals surface area contributed by atoms with E-state index in [0.29, 0.717) is 60.3 Å². The van der Waals surface area contributed by atoms with Gasteiger partial charge in [0.05, 0.1) is 27.9 Å². The molecule has 1 N–H and O–H groups in total. The lowest BCUT2D eigenvalue weighted by Gasteiger charge is -2.13. The Kier molecular flexibility index (Phi) is 10.9. The van der Waals surface area contributed by atoms with Crippen molar-refractivity contribution in [2.24, 2.45) is 0 Å². The summed E-state index contributed by atoms with van der Waals surface area (Å²) in [5.74, 6) is 1.03. The Morgan fingerprint density at radius 2 is 1.56 bits per heavy atom. The highest BCUT2D eigenvalue weighted by Gasteiger charge is 2.23. The van der Waals surface area contributed by atoms with Crippen LogP contribution in [0.1, 0.15) is 28.4 Å². The van der Waals surface area contributed by atoms with E-state index in [2.05, 4.69) is 5.32 Å². The molecule has 11 heteroatoms. The van der Waals surface area contributed by atoms with E-state index >= 15 is 0 Å². The van der Waals surface area contributed by atoms with Crippen LogP contribution in [0.15, 0.2) is 66.1 Å². The van der Waals surface area contributed by atoms with Gasteiger partial charge in [0.15, 0.2) is 23.0 Å². The number of amides is 1. The smallest absolute Gasteiger partial charge is 0.341 e. The van der Waals surface area contributed by atoms with Crippen molar-refractivity contribution in [3.63, 3.8) is 0 Å². The highest BCUT2D eigenvalue weighted by molar-refractivity contribution is 7.15. The molecule has 4 aromatic rings. The van der Waals surface area contributed by atoms with E-state index in [1.54, 1.807) is 80.1 Å². The van der Waals surface area contributed by atoms with Crippen molar-refractivity contribution >= 4 is 57.5 Å². The summed E-state index contributed by atoms with van der Waals surface area (Å²) in [7, 11) is 4.60. The van der Waals surface area contributed by atoms with Crippen LogP contribution in [-0.4, -0.2) is 39.8 Å². The zero-order valence-electron chi connectivity index (χ0n) is 23.9. The van der Waals surface area contributed by atoms with Crippen LogP contribution in [0.4, 0.5) is 5.00 Å². The van der Waals surface area contributed by atoms with Gasteiger partial charge in [-0.1, -0.05) is 41.4 Å². The molecule has 4 rings (SSSR count). The second kappa shape index (κ2) is 14.8. The number of nitrogens with one attached hydrogen (secondary N) is 1. The molecule has 0 unspecified atom stereocenters. The van der Waals surface area contributed by atoms with Crippen LogP contribution in [0, 0.1) is 0 Å². The number of methoxy groups -OCH3 is 3. The quantitative estimate of drug-likeness (QED) is 0.123. The monoisotopic (exact) mass is 641 g/mol. The number of halogens is 2. The lowest BCUT2D eigenvalue weighted by molar-refractivity contribution is -0.111. The van der Waals surface area contributed by atoms with Crippen LogP contribution in [-0.2, 0) is 16.1 Å². The van der Waals surface area contributed by atoms with Gasteiger partial charge < -0.3 is 29.0 Å². The fraction of sp³-hybridized carbons (Fsp3) is 0.188. The summed E-state index contributed by atoms with van der Waals surface area (Å²) >= 11 is 13.7. The van der Waals surface area contributed by atoms with Gasteiger partial charge in [0, 0.05) is 32.6 Å². The van der Waals surface area contributed by atoms with E-state index in [9.17, 15) is 9.59 Å². The highest BCUT2D eigenvalue weighted by atomic mass is 35.5. The summed E-state index contributed by atoms with van der Waals surface area (Å²) < 4.78 is 27.4. The van der Waals surface area contributed by atoms with Crippen LogP contribution in [0.25, 0.3) is 17.2 Å². The largest absolute Gasteiger partial charge is 0.493 e. The summed E-state index contributed by atoms with van der Waals surface area (Å²) in [5.41, 5.74) is 2.92. The SMILES string of the molecule is CCOC(=O)c1c(-c2ccc(OC)c(OC)c2)csc1NC(=O)/C=C/c1ccc(OCc2c(Cl)cccc2Cl)c(OC)c1. The number of thiophene rings is 1. The fourth-order valence-corrected chi connectivity index (χ4v) is 5.59. The van der Waals surface area contributed by atoms with Gasteiger partial charge in [-0.3, -0.25) is 4.79 Å². The van der Waals surface area contributed by atoms with Gasteiger partial charge in [0.2, 0.25) is 5.91 Å². The molecule has 0 aliphatic heterocycles. The Morgan fingerprint density at radius 3 is 2.23 bits per heavy atom. The molecule has 0 saturated carbocycles. The first kappa shape index (κ1) is 31.7. The maximum atomic E-state index is 13.0. The third-order valence-electron chi connectivity index (χ3n) is 6.25. The fourth-order valence-electron chi connectivity index (χ4n) is 4.12. The van der Waals surface area contributed by atoms with Gasteiger partial charge in [-0.2, -0.15) is 0 Å². The van der Waals surface area contributed by atoms with E-state index in [4.69, 9.17) is 46.9 Å². The van der Waals surface area contributed by atoms with Crippen molar-refractivity contribution < 1.29 is 33.3 Å². The second-order valence-corrected chi connectivity index (χ2v) is 10.6. The van der Waals surface area contributed by atoms with Gasteiger partial charge >= 0.3 is 5.97 Å². The molecule has 8 nitrogen and oxygen atoms in total. The van der Waals surface area contributed by atoms with E-state index in [-0.39, 0.29) is 18.8 Å². The molecule has 1 aromatic heterocycles. The van der Waals surface area contributed by atoms with Crippen molar-refractivity contribution in [3.8, 4) is 34.1 Å². The summed E-state index contributed by atoms with van der Waals surface area (Å²) in [6.45, 7) is 2.06. The van der Waals surface area contributed by atoms with Crippen molar-refractivity contribution in [1.82, 2.24) is 0 Å². The molecular weight excluding hydrogens is 613 g/mol. The van der Waals surface area contributed by atoms with Crippen LogP contribution in [0.2, 0.25) is 10.0 Å². The minimum absolute atomic E-state index is 0.154. The Morgan fingerprint density at radius 1 is 0.884 bits per heavy atom. The third-order valence-corrected chi connectivity index (χ3v) is 7.85. The summed E-state index contributed by atoms with van der Waals surface area (Å²) in [6.07, 6.45) is 2.99. The molecule has 0 atom stereocenters. The number of rotatable bonds is 12. The van der Waals surface area contributed by atoms with Crippen molar-refractivity contribution in [2.45, 2.75) is 13.5 Å². The van der Waals surface area contributed by atoms with Crippen molar-refractivity contribution in [2.75, 3.05) is 33.3 Å². The first-order chi connectivity index (χ1) is 20.8. The number of carbonyl (C=O) groups is 2. The number of hydrogen-bond donors (Lipinski definition) is 1. The van der Waals surface area contributed by atoms with Gasteiger partial charge in [0.25, 0.3) is 0 Å². The standard InChI is InChI=1S/C32H29Cl2NO7S/c1-5-41-32(37)30-22(20-11-13-25(38-2)28(16-20)40-4)18-43-31(30)35-29(36)14-10-19-9-12-26(27(15-19)39-3)42-17-21-23(33)7-6-8-24(21)34/h6-16,18H,5,17H2,1-4H3,(H,35,36)/b14-10+. The molecule has 3 aromatic carbocycles. The summed E-state index contributed by atoms with van der Waals surface area (Å²) in [5, 5.41) is 5.96. The Balaban J connectivity index is 1.52. The lowest BCUT2D eigenvalue weighted by Crippen LogP contribution is -2.12. The van der Waals surface area contributed by atoms with Crippen molar-refractivity contribution in [1.29, 1.82) is 0 Å². The van der Waals surface area contributed by atoms with E-state index < -0.39 is 11.9 Å². The van der Waals surface area contributed by atoms with Crippen molar-refractivity contribution in [3.05, 3.63) is 92.8 Å². The summed E-state index contributed by atoms with van der Waals surface area (Å²) in [6, 6.07) is 15.8. The van der Waals surface area contributed by atoms with E-state index in [0.717, 1.165) is 0 Å². The zero-order valence-corrected chi connectivity index (χ0v) is 26.2. The highest BCUT2D eigenvalue weighted by Crippen LogP contribution is 2.40. The van der Waals surface area contributed by atoms with Gasteiger partial charge in [0.1, 0.15) is 17.2 Å². The molecule has 0 radical (unpaired) electrons. The maximum absolute atomic E-state index is 13.0. The number of carbonyl (C=O) groups excluding carboxylic acids is 2. The normalized spacial score (nSPS) is 10.8. The van der Waals surface area contributed by atoms with Crippen LogP contribution in [0.5, 0.6) is 23.0 Å². The Labute approximate surface area is 263 Å². The minimum Gasteiger partial charge on any atom is -0.493 e. The average molecular weight is 643 g/mol. The molecular formula is C32H29Cl2NO7S. The molecule has 1 amide bonds. The molecule has 0 fully saturated rings. The third kappa shape index (κ3) is 7.62. The molecule has 1 heterocycles. The first-order valence-corrected chi connectivity index (χ1v) is 14.7. The van der Waals surface area contributed by atoms with Gasteiger partial charge in [-0.25, -0.2) is 4.79 Å². The molecule has 224 valence electrons. The number of anilines is 1. The van der Waals surface area contributed by atoms with E-state index in [1.807, 2.05) is 0 Å². The predicted octanol–water partition coefficient (Wildman–Crippen LogP) is 8.16. The first-order valence-electron chi connectivity index (χ1n) is 13.0. The van der Waals surface area contributed by atoms with Crippen LogP contribution < -0.4 is 24.3 Å². The number of benzene rings is 3. The van der Waals surface area contributed by atoms with E-state index in [1.165, 1.54) is 31.6 Å². The molecule has 0 aliphatic carbocycles. The zero-order chi connectivity index (χ0) is 30.9. The molecule has 0 aliphatic rings. The predicted molar refractivity (Wildman–Crippen MR) is 170 cm³/mol. The summed E-state index contributed by atoms with van der Waals surface area (Å²) in [4.78, 5) is 25.9. The van der Waals surface area contributed by atoms with Crippen LogP contribution in [0.3, 0.4) is 0 Å². The number of ether oxygens (including phenoxy) is 5. The minimum atomic E-state index is -0.550. The lowest BCUT2D eigenvalue weighted by atomic mass is 10.0. The molecule has 43 heavy (non-hydrogen) atoms. The van der Waals surface area contributed by atoms with Gasteiger partial charge in [-0.15, -0.1) is 11.3 Å². The number of esters is 1. The molecule has 0 bridgehead atoms. The number of hydrogen-bond acceptors (Lipinski definition) is 8. The molecule has 0 spiro atoms. The Hall–Kier alpha value is -4.18. The van der Waals surface area contributed by atoms with Crippen LogP contribution >= 0.6 is 34.5 Å². The molecule has 0 saturated heterocycles. The maximum Gasteiger partial charge on any atom is 0.341 e. The van der Waals surface area contributed by atoms with Gasteiger partial charge in [-0.05, 0) is 60.5 Å².